The summed E-state index contributed by atoms with van der Waals surface area (Å²) >= 11 is 0. The predicted octanol–water partition coefficient (Wildman–Crippen LogP) is 3.38. The molecule has 0 bridgehead atoms. The summed E-state index contributed by atoms with van der Waals surface area (Å²) < 4.78 is 42.3. The van der Waals surface area contributed by atoms with Crippen LogP contribution in [0, 0.1) is 5.92 Å². The summed E-state index contributed by atoms with van der Waals surface area (Å²) in [5, 5.41) is 14.4. The molecule has 0 spiro atoms. The molecule has 0 aliphatic carbocycles. The number of carbonyl (C=O) groups excluding carboxylic acids is 1. The number of nitrogens with one attached hydrogen (secondary N) is 2. The van der Waals surface area contributed by atoms with E-state index in [1.807, 2.05) is 6.92 Å². The number of fused-ring (bicyclic) bond motifs is 1. The SMILES string of the molecule is CC(O)CC(C)CNC(=O)Nc1ccc2oc(C(F)(F)F)nc2c1. The van der Waals surface area contributed by atoms with Crippen molar-refractivity contribution in [3.8, 4) is 0 Å². The van der Waals surface area contributed by atoms with Crippen LogP contribution in [0.15, 0.2) is 22.6 Å². The quantitative estimate of drug-likeness (QED) is 0.775. The molecule has 2 unspecified atom stereocenters. The number of alkyl halides is 3. The van der Waals surface area contributed by atoms with E-state index in [0.29, 0.717) is 18.7 Å². The van der Waals surface area contributed by atoms with Gasteiger partial charge in [-0.15, -0.1) is 0 Å². The highest BCUT2D eigenvalue weighted by molar-refractivity contribution is 5.91. The van der Waals surface area contributed by atoms with E-state index in [-0.39, 0.29) is 17.0 Å². The first-order valence-electron chi connectivity index (χ1n) is 7.36. The van der Waals surface area contributed by atoms with E-state index in [2.05, 4.69) is 20.0 Å². The fraction of sp³-hybridized carbons (Fsp3) is 0.467. The van der Waals surface area contributed by atoms with Crippen LogP contribution in [0.2, 0.25) is 0 Å². The Labute approximate surface area is 136 Å². The molecule has 0 saturated carbocycles. The molecule has 0 fully saturated rings. The van der Waals surface area contributed by atoms with E-state index < -0.39 is 24.2 Å². The number of amides is 2. The van der Waals surface area contributed by atoms with Gasteiger partial charge in [0.15, 0.2) is 5.58 Å². The van der Waals surface area contributed by atoms with Crippen molar-refractivity contribution in [3.05, 3.63) is 24.1 Å². The van der Waals surface area contributed by atoms with Crippen molar-refractivity contribution in [3.63, 3.8) is 0 Å². The highest BCUT2D eigenvalue weighted by atomic mass is 19.4. The van der Waals surface area contributed by atoms with E-state index in [9.17, 15) is 23.1 Å². The van der Waals surface area contributed by atoms with Crippen molar-refractivity contribution in [2.45, 2.75) is 32.5 Å². The van der Waals surface area contributed by atoms with Gasteiger partial charge in [-0.3, -0.25) is 0 Å². The number of rotatable bonds is 5. The maximum atomic E-state index is 12.5. The Bertz CT molecular complexity index is 713. The number of nitrogens with zero attached hydrogens (tertiary/aromatic N) is 1. The minimum Gasteiger partial charge on any atom is -0.433 e. The Morgan fingerprint density at radius 1 is 1.38 bits per heavy atom. The second kappa shape index (κ2) is 7.08. The Morgan fingerprint density at radius 2 is 2.08 bits per heavy atom. The van der Waals surface area contributed by atoms with Gasteiger partial charge in [0.2, 0.25) is 0 Å². The summed E-state index contributed by atoms with van der Waals surface area (Å²) in [6, 6.07) is 3.54. The monoisotopic (exact) mass is 345 g/mol. The minimum atomic E-state index is -4.66. The molecule has 0 aliphatic rings. The molecule has 2 amide bonds. The molecule has 9 heteroatoms. The van der Waals surface area contributed by atoms with Crippen molar-refractivity contribution >= 4 is 22.8 Å². The van der Waals surface area contributed by atoms with Crippen LogP contribution in [-0.4, -0.2) is 28.8 Å². The van der Waals surface area contributed by atoms with Crippen LogP contribution in [0.3, 0.4) is 0 Å². The molecule has 6 nitrogen and oxygen atoms in total. The van der Waals surface area contributed by atoms with Gasteiger partial charge >= 0.3 is 18.1 Å². The molecule has 1 heterocycles. The number of carbonyl (C=O) groups is 1. The molecule has 2 rings (SSSR count). The zero-order valence-corrected chi connectivity index (χ0v) is 13.1. The van der Waals surface area contributed by atoms with Crippen molar-refractivity contribution in [1.82, 2.24) is 10.3 Å². The molecule has 0 saturated heterocycles. The van der Waals surface area contributed by atoms with Crippen molar-refractivity contribution < 1.29 is 27.5 Å². The van der Waals surface area contributed by atoms with Crippen molar-refractivity contribution in [1.29, 1.82) is 0 Å². The van der Waals surface area contributed by atoms with E-state index >= 15 is 0 Å². The van der Waals surface area contributed by atoms with E-state index in [0.717, 1.165) is 0 Å². The van der Waals surface area contributed by atoms with E-state index in [4.69, 9.17) is 0 Å². The molecule has 0 aliphatic heterocycles. The maximum Gasteiger partial charge on any atom is 0.468 e. The highest BCUT2D eigenvalue weighted by Crippen LogP contribution is 2.31. The Balaban J connectivity index is 1.98. The molecule has 24 heavy (non-hydrogen) atoms. The van der Waals surface area contributed by atoms with Crippen LogP contribution in [0.5, 0.6) is 0 Å². The van der Waals surface area contributed by atoms with E-state index in [1.165, 1.54) is 18.2 Å². The van der Waals surface area contributed by atoms with Crippen molar-refractivity contribution in [2.24, 2.45) is 5.92 Å². The third kappa shape index (κ3) is 4.85. The number of hydrogen-bond acceptors (Lipinski definition) is 4. The van der Waals surface area contributed by atoms with Gasteiger partial charge < -0.3 is 20.2 Å². The summed E-state index contributed by atoms with van der Waals surface area (Å²) in [5.74, 6) is -1.24. The Kier molecular flexibility index (Phi) is 5.33. The number of benzene rings is 1. The number of aliphatic hydroxyl groups is 1. The average molecular weight is 345 g/mol. The van der Waals surface area contributed by atoms with Gasteiger partial charge in [-0.2, -0.15) is 13.2 Å². The number of halogens is 3. The molecule has 3 N–H and O–H groups in total. The summed E-state index contributed by atoms with van der Waals surface area (Å²) in [4.78, 5) is 15.2. The van der Waals surface area contributed by atoms with Crippen LogP contribution in [0.4, 0.5) is 23.7 Å². The van der Waals surface area contributed by atoms with Gasteiger partial charge in [0.1, 0.15) is 5.52 Å². The lowest BCUT2D eigenvalue weighted by atomic mass is 10.1. The van der Waals surface area contributed by atoms with Crippen LogP contribution in [0.1, 0.15) is 26.2 Å². The lowest BCUT2D eigenvalue weighted by molar-refractivity contribution is -0.156. The second-order valence-corrected chi connectivity index (χ2v) is 5.72. The molecule has 1 aromatic heterocycles. The van der Waals surface area contributed by atoms with Crippen LogP contribution in [-0.2, 0) is 6.18 Å². The fourth-order valence-electron chi connectivity index (χ4n) is 2.23. The second-order valence-electron chi connectivity index (χ2n) is 5.72. The summed E-state index contributed by atoms with van der Waals surface area (Å²) in [6.07, 6.45) is -4.57. The average Bonchev–Trinajstić information content (AvgIpc) is 2.87. The summed E-state index contributed by atoms with van der Waals surface area (Å²) in [7, 11) is 0. The van der Waals surface area contributed by atoms with Gasteiger partial charge in [-0.25, -0.2) is 9.78 Å². The van der Waals surface area contributed by atoms with Gasteiger partial charge in [0.05, 0.1) is 6.10 Å². The van der Waals surface area contributed by atoms with Crippen LogP contribution in [0.25, 0.3) is 11.1 Å². The molecule has 1 aromatic carbocycles. The van der Waals surface area contributed by atoms with E-state index in [1.54, 1.807) is 6.92 Å². The fourth-order valence-corrected chi connectivity index (χ4v) is 2.23. The third-order valence-electron chi connectivity index (χ3n) is 3.24. The molecular formula is C15H18F3N3O3. The first-order chi connectivity index (χ1) is 11.1. The molecule has 132 valence electrons. The van der Waals surface area contributed by atoms with Gasteiger partial charge in [-0.05, 0) is 37.5 Å². The zero-order chi connectivity index (χ0) is 17.9. The Morgan fingerprint density at radius 3 is 2.71 bits per heavy atom. The van der Waals surface area contributed by atoms with Crippen LogP contribution >= 0.6 is 0 Å². The molecule has 2 atom stereocenters. The number of aromatic nitrogens is 1. The molecule has 2 aromatic rings. The number of aliphatic hydroxyl groups excluding tert-OH is 1. The molecular weight excluding hydrogens is 327 g/mol. The lowest BCUT2D eigenvalue weighted by Gasteiger charge is -2.14. The number of hydrogen-bond donors (Lipinski definition) is 3. The molecule has 0 radical (unpaired) electrons. The van der Waals surface area contributed by atoms with Crippen molar-refractivity contribution in [2.75, 3.05) is 11.9 Å². The topological polar surface area (TPSA) is 87.4 Å². The highest BCUT2D eigenvalue weighted by Gasteiger charge is 2.37. The minimum absolute atomic E-state index is 0.00241. The number of anilines is 1. The largest absolute Gasteiger partial charge is 0.468 e. The predicted molar refractivity (Wildman–Crippen MR) is 81.5 cm³/mol. The van der Waals surface area contributed by atoms with Crippen LogP contribution < -0.4 is 10.6 Å². The smallest absolute Gasteiger partial charge is 0.433 e. The van der Waals surface area contributed by atoms with Gasteiger partial charge in [0.25, 0.3) is 0 Å². The number of oxazole rings is 1. The normalized spacial score (nSPS) is 14.4. The summed E-state index contributed by atoms with van der Waals surface area (Å²) in [5.41, 5.74) is 0.284. The first kappa shape index (κ1) is 18.1. The lowest BCUT2D eigenvalue weighted by Crippen LogP contribution is -2.33. The zero-order valence-electron chi connectivity index (χ0n) is 13.1. The third-order valence-corrected chi connectivity index (χ3v) is 3.24. The number of urea groups is 1. The summed E-state index contributed by atoms with van der Waals surface area (Å²) in [6.45, 7) is 3.91. The maximum absolute atomic E-state index is 12.5. The first-order valence-corrected chi connectivity index (χ1v) is 7.36. The van der Waals surface area contributed by atoms with Gasteiger partial charge in [0, 0.05) is 12.2 Å². The standard InChI is InChI=1S/C15H18F3N3O3/c1-8(5-9(2)22)7-19-14(23)20-10-3-4-12-11(6-10)21-13(24-12)15(16,17)18/h3-4,6,8-9,22H,5,7H2,1-2H3,(H2,19,20,23). The van der Waals surface area contributed by atoms with Gasteiger partial charge in [-0.1, -0.05) is 6.92 Å². The Hall–Kier alpha value is -2.29.